The van der Waals surface area contributed by atoms with Crippen LogP contribution in [-0.4, -0.2) is 18.6 Å². The lowest BCUT2D eigenvalue weighted by Gasteiger charge is -1.95. The zero-order valence-electron chi connectivity index (χ0n) is 8.25. The molecular formula is C11H16N2. The van der Waals surface area contributed by atoms with Crippen molar-refractivity contribution in [3.05, 3.63) is 35.7 Å². The molecule has 0 saturated heterocycles. The number of aryl methyl sites for hydroxylation is 1. The molecule has 13 heavy (non-hydrogen) atoms. The molecule has 0 aromatic carbocycles. The Hall–Kier alpha value is -1.15. The Morgan fingerprint density at radius 2 is 2.38 bits per heavy atom. The van der Waals surface area contributed by atoms with E-state index in [0.29, 0.717) is 0 Å². The van der Waals surface area contributed by atoms with Crippen molar-refractivity contribution in [2.24, 2.45) is 0 Å². The first-order chi connectivity index (χ1) is 6.33. The number of nitrogens with zero attached hydrogens (tertiary/aromatic N) is 1. The summed E-state index contributed by atoms with van der Waals surface area (Å²) in [5.41, 5.74) is 2.29. The van der Waals surface area contributed by atoms with Gasteiger partial charge in [-0.15, -0.1) is 0 Å². The van der Waals surface area contributed by atoms with Crippen molar-refractivity contribution in [2.75, 3.05) is 13.6 Å². The third kappa shape index (κ3) is 3.85. The van der Waals surface area contributed by atoms with Crippen LogP contribution in [0.5, 0.6) is 0 Å². The van der Waals surface area contributed by atoms with Gasteiger partial charge in [-0.25, -0.2) is 0 Å². The summed E-state index contributed by atoms with van der Waals surface area (Å²) in [4.78, 5) is 4.14. The highest BCUT2D eigenvalue weighted by atomic mass is 14.8. The van der Waals surface area contributed by atoms with Crippen molar-refractivity contribution in [1.29, 1.82) is 0 Å². The molecule has 0 fully saturated rings. The van der Waals surface area contributed by atoms with Gasteiger partial charge in [-0.1, -0.05) is 12.2 Å². The lowest BCUT2D eigenvalue weighted by molar-refractivity contribution is 0.809. The van der Waals surface area contributed by atoms with Gasteiger partial charge in [0.15, 0.2) is 0 Å². The van der Waals surface area contributed by atoms with Crippen molar-refractivity contribution in [3.8, 4) is 0 Å². The Bertz CT molecular complexity index is 279. The predicted octanol–water partition coefficient (Wildman–Crippen LogP) is 2.01. The molecule has 1 N–H and O–H groups in total. The van der Waals surface area contributed by atoms with Gasteiger partial charge in [-0.2, -0.15) is 0 Å². The van der Waals surface area contributed by atoms with E-state index in [4.69, 9.17) is 0 Å². The Balaban J connectivity index is 2.48. The van der Waals surface area contributed by atoms with Crippen molar-refractivity contribution >= 4 is 6.08 Å². The minimum Gasteiger partial charge on any atom is -0.319 e. The first kappa shape index (κ1) is 9.93. The van der Waals surface area contributed by atoms with E-state index in [0.717, 1.165) is 18.7 Å². The average Bonchev–Trinajstić information content (AvgIpc) is 2.13. The van der Waals surface area contributed by atoms with Crippen LogP contribution in [0.2, 0.25) is 0 Å². The van der Waals surface area contributed by atoms with Crippen LogP contribution in [0.4, 0.5) is 0 Å². The van der Waals surface area contributed by atoms with Crippen LogP contribution in [0.1, 0.15) is 17.7 Å². The number of hydrogen-bond acceptors (Lipinski definition) is 2. The summed E-state index contributed by atoms with van der Waals surface area (Å²) in [6, 6.07) is 4.10. The lowest BCUT2D eigenvalue weighted by Crippen LogP contribution is -2.05. The molecule has 0 aliphatic heterocycles. The molecule has 70 valence electrons. The highest BCUT2D eigenvalue weighted by molar-refractivity contribution is 5.48. The van der Waals surface area contributed by atoms with Crippen molar-refractivity contribution in [2.45, 2.75) is 13.3 Å². The third-order valence-electron chi connectivity index (χ3n) is 1.79. The standard InChI is InChI=1S/C11H16N2/c1-10-9-11(6-8-13-10)5-3-4-7-12-2/h3,5-6,8-9,12H,4,7H2,1-2H3. The van der Waals surface area contributed by atoms with Crippen molar-refractivity contribution in [1.82, 2.24) is 10.3 Å². The molecular weight excluding hydrogens is 160 g/mol. The molecule has 0 atom stereocenters. The maximum atomic E-state index is 4.14. The summed E-state index contributed by atoms with van der Waals surface area (Å²) in [6.45, 7) is 3.03. The molecule has 0 amide bonds. The largest absolute Gasteiger partial charge is 0.319 e. The molecule has 0 radical (unpaired) electrons. The van der Waals surface area contributed by atoms with Crippen molar-refractivity contribution in [3.63, 3.8) is 0 Å². The van der Waals surface area contributed by atoms with Crippen LogP contribution in [0, 0.1) is 6.92 Å². The SMILES string of the molecule is CNCCC=Cc1ccnc(C)c1. The third-order valence-corrected chi connectivity index (χ3v) is 1.79. The van der Waals surface area contributed by atoms with Gasteiger partial charge in [0.2, 0.25) is 0 Å². The van der Waals surface area contributed by atoms with Crippen LogP contribution in [-0.2, 0) is 0 Å². The van der Waals surface area contributed by atoms with Gasteiger partial charge in [0, 0.05) is 11.9 Å². The van der Waals surface area contributed by atoms with E-state index in [1.165, 1.54) is 5.56 Å². The van der Waals surface area contributed by atoms with E-state index in [2.05, 4.69) is 28.5 Å². The van der Waals surface area contributed by atoms with Crippen LogP contribution in [0.25, 0.3) is 6.08 Å². The van der Waals surface area contributed by atoms with E-state index in [1.54, 1.807) is 0 Å². The molecule has 1 rings (SSSR count). The molecule has 2 heteroatoms. The van der Waals surface area contributed by atoms with E-state index < -0.39 is 0 Å². The maximum absolute atomic E-state index is 4.14. The van der Waals surface area contributed by atoms with Gasteiger partial charge in [0.1, 0.15) is 0 Å². The number of aromatic nitrogens is 1. The summed E-state index contributed by atoms with van der Waals surface area (Å²) in [5, 5.41) is 3.10. The van der Waals surface area contributed by atoms with Crippen LogP contribution >= 0.6 is 0 Å². The molecule has 0 aliphatic carbocycles. The fourth-order valence-corrected chi connectivity index (χ4v) is 1.12. The fourth-order valence-electron chi connectivity index (χ4n) is 1.12. The summed E-state index contributed by atoms with van der Waals surface area (Å²) >= 11 is 0. The van der Waals surface area contributed by atoms with Crippen molar-refractivity contribution < 1.29 is 0 Å². The minimum absolute atomic E-state index is 1.03. The molecule has 0 saturated carbocycles. The molecule has 2 nitrogen and oxygen atoms in total. The Kier molecular flexibility index (Phi) is 4.19. The number of pyridine rings is 1. The molecule has 0 aliphatic rings. The highest BCUT2D eigenvalue weighted by Crippen LogP contribution is 2.03. The second kappa shape index (κ2) is 5.49. The second-order valence-electron chi connectivity index (χ2n) is 3.03. The van der Waals surface area contributed by atoms with E-state index in [9.17, 15) is 0 Å². The molecule has 0 bridgehead atoms. The summed E-state index contributed by atoms with van der Waals surface area (Å²) in [5.74, 6) is 0. The quantitative estimate of drug-likeness (QED) is 0.710. The second-order valence-corrected chi connectivity index (χ2v) is 3.03. The molecule has 0 unspecified atom stereocenters. The first-order valence-corrected chi connectivity index (χ1v) is 4.56. The van der Waals surface area contributed by atoms with Crippen LogP contribution in [0.3, 0.4) is 0 Å². The fraction of sp³-hybridized carbons (Fsp3) is 0.364. The van der Waals surface area contributed by atoms with Gasteiger partial charge in [-0.05, 0) is 44.6 Å². The number of hydrogen-bond donors (Lipinski definition) is 1. The Morgan fingerprint density at radius 1 is 1.54 bits per heavy atom. The number of rotatable bonds is 4. The van der Waals surface area contributed by atoms with E-state index in [1.807, 2.05) is 26.2 Å². The minimum atomic E-state index is 1.03. The normalized spacial score (nSPS) is 10.9. The molecule has 1 heterocycles. The smallest absolute Gasteiger partial charge is 0.0378 e. The first-order valence-electron chi connectivity index (χ1n) is 4.56. The van der Waals surface area contributed by atoms with Gasteiger partial charge < -0.3 is 5.32 Å². The van der Waals surface area contributed by atoms with Gasteiger partial charge in [0.05, 0.1) is 0 Å². The Morgan fingerprint density at radius 3 is 3.08 bits per heavy atom. The average molecular weight is 176 g/mol. The maximum Gasteiger partial charge on any atom is 0.0378 e. The van der Waals surface area contributed by atoms with E-state index in [-0.39, 0.29) is 0 Å². The molecule has 0 spiro atoms. The number of nitrogens with one attached hydrogen (secondary N) is 1. The van der Waals surface area contributed by atoms with E-state index >= 15 is 0 Å². The summed E-state index contributed by atoms with van der Waals surface area (Å²) < 4.78 is 0. The Labute approximate surface area is 79.7 Å². The van der Waals surface area contributed by atoms with Gasteiger partial charge >= 0.3 is 0 Å². The summed E-state index contributed by atoms with van der Waals surface area (Å²) in [7, 11) is 1.96. The monoisotopic (exact) mass is 176 g/mol. The van der Waals surface area contributed by atoms with Gasteiger partial charge in [0.25, 0.3) is 0 Å². The predicted molar refractivity (Wildman–Crippen MR) is 56.6 cm³/mol. The lowest BCUT2D eigenvalue weighted by atomic mass is 10.2. The summed E-state index contributed by atoms with van der Waals surface area (Å²) in [6.07, 6.45) is 7.21. The van der Waals surface area contributed by atoms with Crippen LogP contribution in [0.15, 0.2) is 24.4 Å². The van der Waals surface area contributed by atoms with Crippen LogP contribution < -0.4 is 5.32 Å². The zero-order chi connectivity index (χ0) is 9.52. The zero-order valence-corrected chi connectivity index (χ0v) is 8.25. The molecule has 1 aromatic heterocycles. The highest BCUT2D eigenvalue weighted by Gasteiger charge is 1.87. The molecule has 1 aromatic rings. The topological polar surface area (TPSA) is 24.9 Å². The van der Waals surface area contributed by atoms with Gasteiger partial charge in [-0.3, -0.25) is 4.98 Å².